The van der Waals surface area contributed by atoms with Crippen LogP contribution in [0.5, 0.6) is 17.2 Å². The molecule has 38 heavy (non-hydrogen) atoms. The van der Waals surface area contributed by atoms with Gasteiger partial charge < -0.3 is 14.2 Å². The molecule has 0 unspecified atom stereocenters. The van der Waals surface area contributed by atoms with Crippen LogP contribution in [0.4, 0.5) is 0 Å². The van der Waals surface area contributed by atoms with E-state index in [9.17, 15) is 9.59 Å². The Kier molecular flexibility index (Phi) is 9.13. The summed E-state index contributed by atoms with van der Waals surface area (Å²) in [7, 11) is 1.46. The van der Waals surface area contributed by atoms with Gasteiger partial charge in [-0.2, -0.15) is 5.10 Å². The molecule has 0 saturated heterocycles. The molecule has 1 amide bonds. The molecule has 0 aliphatic rings. The Balaban J connectivity index is 1.41. The van der Waals surface area contributed by atoms with Crippen molar-refractivity contribution in [2.45, 2.75) is 6.61 Å². The fourth-order valence-electron chi connectivity index (χ4n) is 3.36. The zero-order valence-corrected chi connectivity index (χ0v) is 22.5. The molecule has 0 aliphatic heterocycles. The maximum absolute atomic E-state index is 12.9. The molecule has 9 heteroatoms. The van der Waals surface area contributed by atoms with Gasteiger partial charge in [0, 0.05) is 9.50 Å². The van der Waals surface area contributed by atoms with Crippen molar-refractivity contribution in [3.63, 3.8) is 0 Å². The Morgan fingerprint density at radius 2 is 1.66 bits per heavy atom. The first-order chi connectivity index (χ1) is 18.4. The summed E-state index contributed by atoms with van der Waals surface area (Å²) in [6, 6.07) is 26.1. The van der Waals surface area contributed by atoms with Crippen molar-refractivity contribution in [2.75, 3.05) is 7.11 Å². The van der Waals surface area contributed by atoms with Gasteiger partial charge in [0.1, 0.15) is 12.4 Å². The Morgan fingerprint density at radius 3 is 2.39 bits per heavy atom. The van der Waals surface area contributed by atoms with E-state index < -0.39 is 11.9 Å². The third-order valence-corrected chi connectivity index (χ3v) is 6.02. The number of amides is 1. The largest absolute Gasteiger partial charge is 0.493 e. The first-order valence-electron chi connectivity index (χ1n) is 11.4. The number of ether oxygens (including phenoxy) is 3. The molecular formula is C29H22BrClN2O5. The lowest BCUT2D eigenvalue weighted by Crippen LogP contribution is -2.19. The summed E-state index contributed by atoms with van der Waals surface area (Å²) in [6.45, 7) is 0.320. The van der Waals surface area contributed by atoms with Crippen molar-refractivity contribution in [3.05, 3.63) is 123 Å². The standard InChI is InChI=1S/C29H22BrClN2O5/c1-36-27-15-20(7-13-26(27)38-29(35)21-8-11-23(31)12-9-21)17-32-33-28(34)24-16-22(30)10-14-25(24)37-18-19-5-3-2-4-6-19/h2-17H,18H2,1H3,(H,33,34)/b32-17-. The second-order valence-electron chi connectivity index (χ2n) is 7.92. The molecule has 0 radical (unpaired) electrons. The average Bonchev–Trinajstić information content (AvgIpc) is 2.93. The van der Waals surface area contributed by atoms with Crippen LogP contribution in [0.25, 0.3) is 0 Å². The molecule has 0 bridgehead atoms. The van der Waals surface area contributed by atoms with Crippen LogP contribution in [0.3, 0.4) is 0 Å². The summed E-state index contributed by atoms with van der Waals surface area (Å²) in [5.41, 5.74) is 4.79. The molecule has 7 nitrogen and oxygen atoms in total. The number of rotatable bonds is 9. The molecule has 0 aromatic heterocycles. The van der Waals surface area contributed by atoms with Gasteiger partial charge in [-0.05, 0) is 71.8 Å². The Morgan fingerprint density at radius 1 is 0.921 bits per heavy atom. The second kappa shape index (κ2) is 12.9. The molecule has 0 spiro atoms. The highest BCUT2D eigenvalue weighted by molar-refractivity contribution is 9.10. The van der Waals surface area contributed by atoms with Gasteiger partial charge in [0.15, 0.2) is 11.5 Å². The highest BCUT2D eigenvalue weighted by atomic mass is 79.9. The van der Waals surface area contributed by atoms with E-state index in [0.717, 1.165) is 10.0 Å². The van der Waals surface area contributed by atoms with Crippen LogP contribution in [0.15, 0.2) is 101 Å². The number of halogens is 2. The number of hydrazone groups is 1. The van der Waals surface area contributed by atoms with Gasteiger partial charge in [0.2, 0.25) is 0 Å². The topological polar surface area (TPSA) is 86.2 Å². The first-order valence-corrected chi connectivity index (χ1v) is 12.6. The number of hydrogen-bond donors (Lipinski definition) is 1. The van der Waals surface area contributed by atoms with Crippen molar-refractivity contribution in [2.24, 2.45) is 5.10 Å². The lowest BCUT2D eigenvalue weighted by atomic mass is 10.2. The fraction of sp³-hybridized carbons (Fsp3) is 0.0690. The van der Waals surface area contributed by atoms with Crippen LogP contribution < -0.4 is 19.6 Å². The van der Waals surface area contributed by atoms with Gasteiger partial charge in [-0.15, -0.1) is 0 Å². The summed E-state index contributed by atoms with van der Waals surface area (Å²) >= 11 is 9.26. The molecule has 0 aliphatic carbocycles. The summed E-state index contributed by atoms with van der Waals surface area (Å²) in [6.07, 6.45) is 1.45. The molecule has 4 aromatic rings. The number of carbonyl (C=O) groups excluding carboxylic acids is 2. The summed E-state index contributed by atoms with van der Waals surface area (Å²) in [5.74, 6) is 0.00600. The third kappa shape index (κ3) is 7.21. The van der Waals surface area contributed by atoms with E-state index in [4.69, 9.17) is 25.8 Å². The molecule has 4 rings (SSSR count). The smallest absolute Gasteiger partial charge is 0.343 e. The molecule has 0 heterocycles. The van der Waals surface area contributed by atoms with Crippen LogP contribution in [-0.2, 0) is 6.61 Å². The molecule has 192 valence electrons. The molecule has 4 aromatic carbocycles. The molecule has 0 saturated carbocycles. The van der Waals surface area contributed by atoms with Gasteiger partial charge >= 0.3 is 5.97 Å². The minimum absolute atomic E-state index is 0.239. The minimum atomic E-state index is -0.548. The van der Waals surface area contributed by atoms with E-state index in [2.05, 4.69) is 26.5 Å². The van der Waals surface area contributed by atoms with Gasteiger partial charge in [-0.1, -0.05) is 57.9 Å². The second-order valence-corrected chi connectivity index (χ2v) is 9.27. The lowest BCUT2D eigenvalue weighted by Gasteiger charge is -2.11. The minimum Gasteiger partial charge on any atom is -0.493 e. The number of methoxy groups -OCH3 is 1. The Bertz CT molecular complexity index is 1460. The van der Waals surface area contributed by atoms with Gasteiger partial charge in [0.25, 0.3) is 5.91 Å². The Hall–Kier alpha value is -4.14. The predicted octanol–water partition coefficient (Wildman–Crippen LogP) is 6.67. The number of carbonyl (C=O) groups is 2. The van der Waals surface area contributed by atoms with E-state index in [1.165, 1.54) is 13.3 Å². The van der Waals surface area contributed by atoms with Crippen LogP contribution >= 0.6 is 27.5 Å². The van der Waals surface area contributed by atoms with E-state index >= 15 is 0 Å². The van der Waals surface area contributed by atoms with E-state index in [1.54, 1.807) is 60.7 Å². The Labute approximate surface area is 233 Å². The lowest BCUT2D eigenvalue weighted by molar-refractivity contribution is 0.0729. The summed E-state index contributed by atoms with van der Waals surface area (Å²) < 4.78 is 17.4. The fourth-order valence-corrected chi connectivity index (χ4v) is 3.85. The van der Waals surface area contributed by atoms with E-state index in [1.807, 2.05) is 30.3 Å². The summed E-state index contributed by atoms with van der Waals surface area (Å²) in [5, 5.41) is 4.58. The zero-order valence-electron chi connectivity index (χ0n) is 20.2. The van der Waals surface area contributed by atoms with Crippen LogP contribution in [-0.4, -0.2) is 25.2 Å². The molecule has 0 atom stereocenters. The van der Waals surface area contributed by atoms with Gasteiger partial charge in [0.05, 0.1) is 24.5 Å². The number of nitrogens with one attached hydrogen (secondary N) is 1. The zero-order chi connectivity index (χ0) is 26.9. The van der Waals surface area contributed by atoms with Crippen molar-refractivity contribution >= 4 is 45.6 Å². The van der Waals surface area contributed by atoms with Gasteiger partial charge in [-0.3, -0.25) is 4.79 Å². The number of benzene rings is 4. The van der Waals surface area contributed by atoms with E-state index in [-0.39, 0.29) is 5.75 Å². The number of esters is 1. The predicted molar refractivity (Wildman–Crippen MR) is 149 cm³/mol. The third-order valence-electron chi connectivity index (χ3n) is 5.27. The summed E-state index contributed by atoms with van der Waals surface area (Å²) in [4.78, 5) is 25.3. The SMILES string of the molecule is COc1cc(/C=N\NC(=O)c2cc(Br)ccc2OCc2ccccc2)ccc1OC(=O)c1ccc(Cl)cc1. The van der Waals surface area contributed by atoms with E-state index in [0.29, 0.717) is 39.8 Å². The van der Waals surface area contributed by atoms with Crippen molar-refractivity contribution < 1.29 is 23.8 Å². The monoisotopic (exact) mass is 592 g/mol. The normalized spacial score (nSPS) is 10.7. The highest BCUT2D eigenvalue weighted by Crippen LogP contribution is 2.29. The van der Waals surface area contributed by atoms with Crippen molar-refractivity contribution in [1.82, 2.24) is 5.43 Å². The van der Waals surface area contributed by atoms with Crippen molar-refractivity contribution in [3.8, 4) is 17.2 Å². The van der Waals surface area contributed by atoms with Crippen LogP contribution in [0, 0.1) is 0 Å². The average molecular weight is 594 g/mol. The van der Waals surface area contributed by atoms with Crippen LogP contribution in [0.2, 0.25) is 5.02 Å². The highest BCUT2D eigenvalue weighted by Gasteiger charge is 2.15. The quantitative estimate of drug-likeness (QED) is 0.101. The molecular weight excluding hydrogens is 572 g/mol. The number of nitrogens with zero attached hydrogens (tertiary/aromatic N) is 1. The maximum atomic E-state index is 12.9. The van der Waals surface area contributed by atoms with Crippen molar-refractivity contribution in [1.29, 1.82) is 0 Å². The molecule has 0 fully saturated rings. The first kappa shape index (κ1) is 26.9. The molecule has 1 N–H and O–H groups in total. The maximum Gasteiger partial charge on any atom is 0.343 e. The van der Waals surface area contributed by atoms with Crippen LogP contribution in [0.1, 0.15) is 31.8 Å². The number of hydrogen-bond acceptors (Lipinski definition) is 6. The van der Waals surface area contributed by atoms with Gasteiger partial charge in [-0.25, -0.2) is 10.2 Å².